The molecule has 0 aromatic heterocycles. The Balaban J connectivity index is 2.29. The van der Waals surface area contributed by atoms with Crippen LogP contribution in [0.15, 0.2) is 35.2 Å². The van der Waals surface area contributed by atoms with Gasteiger partial charge < -0.3 is 4.90 Å². The van der Waals surface area contributed by atoms with Crippen LogP contribution in [0, 0.1) is 0 Å². The summed E-state index contributed by atoms with van der Waals surface area (Å²) in [4.78, 5) is 3.75. The van der Waals surface area contributed by atoms with E-state index in [9.17, 15) is 0 Å². The maximum absolute atomic E-state index is 5.84. The topological polar surface area (TPSA) is 3.24 Å². The zero-order valence-electron chi connectivity index (χ0n) is 19.9. The first-order valence-corrected chi connectivity index (χ1v) is 14.0. The highest BCUT2D eigenvalue weighted by Crippen LogP contribution is 2.22. The van der Waals surface area contributed by atoms with Gasteiger partial charge in [0.05, 0.1) is 0 Å². The van der Waals surface area contributed by atoms with Gasteiger partial charge >= 0.3 is 0 Å². The molecule has 0 amide bonds. The first-order chi connectivity index (χ1) is 14.8. The fourth-order valence-corrected chi connectivity index (χ4v) is 5.10. The van der Waals surface area contributed by atoms with E-state index >= 15 is 0 Å². The fourth-order valence-electron chi connectivity index (χ4n) is 3.82. The van der Waals surface area contributed by atoms with Gasteiger partial charge in [-0.25, -0.2) is 0 Å². The molecular weight excluding hydrogens is 402 g/mol. The highest BCUT2D eigenvalue weighted by molar-refractivity contribution is 8.22. The third-order valence-electron chi connectivity index (χ3n) is 5.77. The van der Waals surface area contributed by atoms with Gasteiger partial charge in [0.2, 0.25) is 0 Å². The molecule has 1 aromatic rings. The predicted molar refractivity (Wildman–Crippen MR) is 142 cm³/mol. The van der Waals surface area contributed by atoms with Crippen molar-refractivity contribution in [2.24, 2.45) is 0 Å². The van der Waals surface area contributed by atoms with E-state index in [4.69, 9.17) is 12.2 Å². The zero-order chi connectivity index (χ0) is 21.7. The van der Waals surface area contributed by atoms with Gasteiger partial charge in [0.25, 0.3) is 0 Å². The summed E-state index contributed by atoms with van der Waals surface area (Å²) >= 11 is 7.61. The molecule has 172 valence electrons. The maximum Gasteiger partial charge on any atom is 0.141 e. The summed E-state index contributed by atoms with van der Waals surface area (Å²) in [5, 5.41) is 0. The predicted octanol–water partition coefficient (Wildman–Crippen LogP) is 9.65. The average Bonchev–Trinajstić information content (AvgIpc) is 2.76. The minimum atomic E-state index is 1.06. The van der Waals surface area contributed by atoms with Crippen LogP contribution in [0.1, 0.15) is 117 Å². The highest BCUT2D eigenvalue weighted by Gasteiger charge is 2.11. The van der Waals surface area contributed by atoms with E-state index < -0.39 is 0 Å². The molecule has 30 heavy (non-hydrogen) atoms. The van der Waals surface area contributed by atoms with E-state index in [-0.39, 0.29) is 0 Å². The zero-order valence-corrected chi connectivity index (χ0v) is 21.5. The summed E-state index contributed by atoms with van der Waals surface area (Å²) in [5.41, 5.74) is 0. The molecule has 0 saturated carbocycles. The van der Waals surface area contributed by atoms with Gasteiger partial charge in [0.15, 0.2) is 0 Å². The van der Waals surface area contributed by atoms with Crippen molar-refractivity contribution in [2.45, 2.75) is 121 Å². The van der Waals surface area contributed by atoms with E-state index in [1.165, 1.54) is 108 Å². The molecule has 0 fully saturated rings. The Morgan fingerprint density at radius 3 is 1.47 bits per heavy atom. The summed E-state index contributed by atoms with van der Waals surface area (Å²) in [6.07, 6.45) is 22.0. The van der Waals surface area contributed by atoms with E-state index in [2.05, 4.69) is 49.1 Å². The molecule has 1 nitrogen and oxygen atoms in total. The molecule has 0 spiro atoms. The van der Waals surface area contributed by atoms with E-state index in [0.29, 0.717) is 0 Å². The van der Waals surface area contributed by atoms with Gasteiger partial charge in [0, 0.05) is 18.0 Å². The maximum atomic E-state index is 5.84. The van der Waals surface area contributed by atoms with Crippen molar-refractivity contribution in [2.75, 3.05) is 13.1 Å². The lowest BCUT2D eigenvalue weighted by Gasteiger charge is -2.25. The van der Waals surface area contributed by atoms with Crippen molar-refractivity contribution in [1.82, 2.24) is 4.90 Å². The number of hydrogen-bond donors (Lipinski definition) is 0. The lowest BCUT2D eigenvalue weighted by Crippen LogP contribution is -2.29. The second kappa shape index (κ2) is 20.4. The molecule has 0 bridgehead atoms. The van der Waals surface area contributed by atoms with Crippen LogP contribution in [0.5, 0.6) is 0 Å². The molecule has 0 aliphatic rings. The van der Waals surface area contributed by atoms with Crippen LogP contribution in [-0.2, 0) is 0 Å². The molecule has 0 aliphatic heterocycles. The SMILES string of the molecule is CCCCCCCCCCN(CCCCCCCCCC)C(=S)Sc1ccccc1. The van der Waals surface area contributed by atoms with E-state index in [1.807, 2.05) is 0 Å². The fraction of sp³-hybridized carbons (Fsp3) is 0.741. The Morgan fingerprint density at radius 1 is 0.633 bits per heavy atom. The first-order valence-electron chi connectivity index (χ1n) is 12.8. The number of nitrogens with zero attached hydrogens (tertiary/aromatic N) is 1. The van der Waals surface area contributed by atoms with Gasteiger partial charge in [-0.1, -0.05) is 146 Å². The normalized spacial score (nSPS) is 11.0. The molecule has 1 aromatic carbocycles. The van der Waals surface area contributed by atoms with Crippen molar-refractivity contribution in [1.29, 1.82) is 0 Å². The average molecular weight is 450 g/mol. The Morgan fingerprint density at radius 2 is 1.03 bits per heavy atom. The van der Waals surface area contributed by atoms with Crippen LogP contribution in [0.2, 0.25) is 0 Å². The number of hydrogen-bond acceptors (Lipinski definition) is 2. The van der Waals surface area contributed by atoms with Crippen LogP contribution in [0.4, 0.5) is 0 Å². The molecular formula is C27H47NS2. The van der Waals surface area contributed by atoms with Crippen molar-refractivity contribution in [3.63, 3.8) is 0 Å². The first kappa shape index (κ1) is 27.5. The van der Waals surface area contributed by atoms with Crippen LogP contribution in [0.3, 0.4) is 0 Å². The second-order valence-corrected chi connectivity index (χ2v) is 10.3. The number of unbranched alkanes of at least 4 members (excludes halogenated alkanes) is 14. The quantitative estimate of drug-likeness (QED) is 0.117. The van der Waals surface area contributed by atoms with Crippen LogP contribution in [-0.4, -0.2) is 22.3 Å². The standard InChI is InChI=1S/C27H47NS2/c1-3-5-7-9-11-13-15-20-24-28(25-21-16-14-12-10-8-6-4-2)27(29)30-26-22-18-17-19-23-26/h17-19,22-23H,3-16,20-21,24-25H2,1-2H3. The Bertz CT molecular complexity index is 483. The van der Waals surface area contributed by atoms with Gasteiger partial charge in [-0.2, -0.15) is 0 Å². The molecule has 0 saturated heterocycles. The minimum Gasteiger partial charge on any atom is -0.357 e. The molecule has 0 atom stereocenters. The van der Waals surface area contributed by atoms with E-state index in [1.54, 1.807) is 11.8 Å². The summed E-state index contributed by atoms with van der Waals surface area (Å²) in [7, 11) is 0. The summed E-state index contributed by atoms with van der Waals surface area (Å²) in [6.45, 7) is 6.84. The second-order valence-electron chi connectivity index (χ2n) is 8.62. The van der Waals surface area contributed by atoms with Gasteiger partial charge in [0.1, 0.15) is 4.32 Å². The monoisotopic (exact) mass is 449 g/mol. The number of thioether (sulfide) groups is 1. The van der Waals surface area contributed by atoms with Crippen molar-refractivity contribution in [3.8, 4) is 0 Å². The minimum absolute atomic E-state index is 1.06. The Labute approximate surface area is 197 Å². The summed E-state index contributed by atoms with van der Waals surface area (Å²) in [6, 6.07) is 10.6. The number of thiocarbonyl (C=S) groups is 1. The highest BCUT2D eigenvalue weighted by atomic mass is 32.2. The van der Waals surface area contributed by atoms with Crippen LogP contribution in [0.25, 0.3) is 0 Å². The third kappa shape index (κ3) is 15.3. The van der Waals surface area contributed by atoms with Gasteiger partial charge in [-0.15, -0.1) is 0 Å². The molecule has 1 rings (SSSR count). The van der Waals surface area contributed by atoms with Crippen LogP contribution < -0.4 is 0 Å². The van der Waals surface area contributed by atoms with Crippen molar-refractivity contribution in [3.05, 3.63) is 30.3 Å². The van der Waals surface area contributed by atoms with Crippen molar-refractivity contribution >= 4 is 28.3 Å². The Kier molecular flexibility index (Phi) is 18.7. The Hall–Kier alpha value is -0.540. The molecule has 0 aliphatic carbocycles. The molecule has 3 heteroatoms. The molecule has 0 N–H and O–H groups in total. The number of rotatable bonds is 19. The number of benzene rings is 1. The largest absolute Gasteiger partial charge is 0.357 e. The molecule has 0 radical (unpaired) electrons. The summed E-state index contributed by atoms with van der Waals surface area (Å²) < 4.78 is 1.06. The third-order valence-corrected chi connectivity index (χ3v) is 7.22. The molecule has 0 heterocycles. The van der Waals surface area contributed by atoms with Gasteiger partial charge in [-0.3, -0.25) is 0 Å². The molecule has 0 unspecified atom stereocenters. The van der Waals surface area contributed by atoms with E-state index in [0.717, 1.165) is 17.4 Å². The lowest BCUT2D eigenvalue weighted by molar-refractivity contribution is 0.394. The van der Waals surface area contributed by atoms with Crippen molar-refractivity contribution < 1.29 is 0 Å². The van der Waals surface area contributed by atoms with Gasteiger partial charge in [-0.05, 0) is 25.0 Å². The summed E-state index contributed by atoms with van der Waals surface area (Å²) in [5.74, 6) is 0. The lowest BCUT2D eigenvalue weighted by atomic mass is 10.1. The smallest absolute Gasteiger partial charge is 0.141 e. The van der Waals surface area contributed by atoms with Crippen LogP contribution >= 0.6 is 24.0 Å².